The average molecular weight is 277 g/mol. The van der Waals surface area contributed by atoms with Gasteiger partial charge in [0.1, 0.15) is 0 Å². The summed E-state index contributed by atoms with van der Waals surface area (Å²) < 4.78 is 0. The van der Waals surface area contributed by atoms with Crippen LogP contribution in [-0.4, -0.2) is 28.5 Å². The number of nitrogens with zero attached hydrogens (tertiary/aromatic N) is 3. The highest BCUT2D eigenvalue weighted by molar-refractivity contribution is 5.78. The summed E-state index contributed by atoms with van der Waals surface area (Å²) in [6.45, 7) is 1.90. The van der Waals surface area contributed by atoms with Crippen LogP contribution in [0.1, 0.15) is 11.3 Å². The van der Waals surface area contributed by atoms with Gasteiger partial charge in [-0.3, -0.25) is 9.97 Å². The molecule has 0 saturated heterocycles. The van der Waals surface area contributed by atoms with E-state index in [9.17, 15) is 0 Å². The molecule has 1 aromatic carbocycles. The van der Waals surface area contributed by atoms with E-state index < -0.39 is 0 Å². The lowest BCUT2D eigenvalue weighted by Gasteiger charge is -2.16. The van der Waals surface area contributed by atoms with E-state index in [0.717, 1.165) is 30.7 Å². The first-order valence-corrected chi connectivity index (χ1v) is 7.23. The van der Waals surface area contributed by atoms with Crippen molar-refractivity contribution < 1.29 is 0 Å². The predicted octanol–water partition coefficient (Wildman–Crippen LogP) is 3.30. The molecule has 0 atom stereocenters. The van der Waals surface area contributed by atoms with E-state index in [0.29, 0.717) is 0 Å². The lowest BCUT2D eigenvalue weighted by atomic mass is 10.1. The van der Waals surface area contributed by atoms with Gasteiger partial charge in [0.05, 0.1) is 5.52 Å². The van der Waals surface area contributed by atoms with Gasteiger partial charge in [0, 0.05) is 43.0 Å². The summed E-state index contributed by atoms with van der Waals surface area (Å²) in [5, 5.41) is 1.20. The van der Waals surface area contributed by atoms with Gasteiger partial charge in [-0.15, -0.1) is 0 Å². The zero-order valence-electron chi connectivity index (χ0n) is 12.2. The van der Waals surface area contributed by atoms with E-state index in [4.69, 9.17) is 0 Å². The molecule has 0 amide bonds. The number of hydrogen-bond acceptors (Lipinski definition) is 3. The molecule has 0 bridgehead atoms. The summed E-state index contributed by atoms with van der Waals surface area (Å²) in [7, 11) is 2.14. The van der Waals surface area contributed by atoms with Crippen LogP contribution in [0.3, 0.4) is 0 Å². The average Bonchev–Trinajstić information content (AvgIpc) is 2.54. The molecule has 0 aliphatic carbocycles. The summed E-state index contributed by atoms with van der Waals surface area (Å²) in [4.78, 5) is 11.2. The third-order valence-corrected chi connectivity index (χ3v) is 3.58. The lowest BCUT2D eigenvalue weighted by Crippen LogP contribution is -2.21. The normalized spacial score (nSPS) is 11.1. The Labute approximate surface area is 125 Å². The molecule has 2 heterocycles. The lowest BCUT2D eigenvalue weighted by molar-refractivity contribution is 0.330. The summed E-state index contributed by atoms with van der Waals surface area (Å²) in [5.41, 5.74) is 3.44. The van der Waals surface area contributed by atoms with Crippen LogP contribution < -0.4 is 0 Å². The summed E-state index contributed by atoms with van der Waals surface area (Å²) >= 11 is 0. The van der Waals surface area contributed by atoms with Crippen LogP contribution in [0, 0.1) is 0 Å². The van der Waals surface area contributed by atoms with Crippen molar-refractivity contribution in [2.24, 2.45) is 0 Å². The highest BCUT2D eigenvalue weighted by Gasteiger charge is 2.03. The maximum absolute atomic E-state index is 4.51. The van der Waals surface area contributed by atoms with E-state index in [1.165, 1.54) is 10.9 Å². The minimum absolute atomic E-state index is 0.907. The van der Waals surface area contributed by atoms with Crippen molar-refractivity contribution in [1.82, 2.24) is 14.9 Å². The Kier molecular flexibility index (Phi) is 4.22. The third-order valence-electron chi connectivity index (χ3n) is 3.58. The second-order valence-electron chi connectivity index (χ2n) is 5.35. The second kappa shape index (κ2) is 6.46. The third kappa shape index (κ3) is 3.64. The van der Waals surface area contributed by atoms with Gasteiger partial charge in [-0.1, -0.05) is 24.3 Å². The molecule has 0 N–H and O–H groups in total. The van der Waals surface area contributed by atoms with Gasteiger partial charge in [-0.05, 0) is 36.9 Å². The molecule has 3 heteroatoms. The SMILES string of the molecule is CN(CCc1ccccn1)Cc1cnc2ccccc2c1. The minimum atomic E-state index is 0.907. The molecular formula is C18H19N3. The van der Waals surface area contributed by atoms with Gasteiger partial charge in [-0.25, -0.2) is 0 Å². The van der Waals surface area contributed by atoms with Gasteiger partial charge in [0.25, 0.3) is 0 Å². The van der Waals surface area contributed by atoms with Crippen LogP contribution >= 0.6 is 0 Å². The highest BCUT2D eigenvalue weighted by atomic mass is 15.1. The molecule has 0 fully saturated rings. The molecule has 2 aromatic heterocycles. The number of likely N-dealkylation sites (N-methyl/N-ethyl adjacent to an activating group) is 1. The van der Waals surface area contributed by atoms with Crippen LogP contribution in [0.4, 0.5) is 0 Å². The van der Waals surface area contributed by atoms with E-state index in [1.807, 2.05) is 36.7 Å². The number of rotatable bonds is 5. The molecule has 0 saturated carbocycles. The Bertz CT molecular complexity index is 710. The topological polar surface area (TPSA) is 29.0 Å². The van der Waals surface area contributed by atoms with E-state index in [-0.39, 0.29) is 0 Å². The molecule has 0 unspecified atom stereocenters. The molecule has 0 aliphatic rings. The molecule has 21 heavy (non-hydrogen) atoms. The maximum Gasteiger partial charge on any atom is 0.0702 e. The Morgan fingerprint density at radius 1 is 1.00 bits per heavy atom. The number of hydrogen-bond donors (Lipinski definition) is 0. The molecule has 3 aromatic rings. The predicted molar refractivity (Wildman–Crippen MR) is 86.0 cm³/mol. The monoisotopic (exact) mass is 277 g/mol. The first-order chi connectivity index (χ1) is 10.3. The van der Waals surface area contributed by atoms with Crippen molar-refractivity contribution in [3.63, 3.8) is 0 Å². The smallest absolute Gasteiger partial charge is 0.0702 e. The molecule has 0 spiro atoms. The first-order valence-electron chi connectivity index (χ1n) is 7.23. The fraction of sp³-hybridized carbons (Fsp3) is 0.222. The van der Waals surface area contributed by atoms with Gasteiger partial charge in [-0.2, -0.15) is 0 Å². The highest BCUT2D eigenvalue weighted by Crippen LogP contribution is 2.13. The number of fused-ring (bicyclic) bond motifs is 1. The van der Waals surface area contributed by atoms with Crippen molar-refractivity contribution in [3.05, 3.63) is 72.2 Å². The summed E-state index contributed by atoms with van der Waals surface area (Å²) in [6.07, 6.45) is 4.79. The molecule has 3 nitrogen and oxygen atoms in total. The van der Waals surface area contributed by atoms with Crippen LogP contribution in [0.25, 0.3) is 10.9 Å². The summed E-state index contributed by atoms with van der Waals surface area (Å²) in [5.74, 6) is 0. The van der Waals surface area contributed by atoms with Crippen LogP contribution in [0.5, 0.6) is 0 Å². The van der Waals surface area contributed by atoms with Crippen molar-refractivity contribution >= 4 is 10.9 Å². The van der Waals surface area contributed by atoms with Crippen molar-refractivity contribution in [2.45, 2.75) is 13.0 Å². The van der Waals surface area contributed by atoms with Gasteiger partial charge in [0.2, 0.25) is 0 Å². The zero-order valence-corrected chi connectivity index (χ0v) is 12.2. The quantitative estimate of drug-likeness (QED) is 0.716. The van der Waals surface area contributed by atoms with Crippen LogP contribution in [-0.2, 0) is 13.0 Å². The van der Waals surface area contributed by atoms with Crippen LogP contribution in [0.15, 0.2) is 60.9 Å². The number of pyridine rings is 2. The van der Waals surface area contributed by atoms with Crippen LogP contribution in [0.2, 0.25) is 0 Å². The molecular weight excluding hydrogens is 258 g/mol. The Hall–Kier alpha value is -2.26. The molecule has 106 valence electrons. The van der Waals surface area contributed by atoms with Crippen molar-refractivity contribution in [2.75, 3.05) is 13.6 Å². The first kappa shape index (κ1) is 13.7. The zero-order chi connectivity index (χ0) is 14.5. The maximum atomic E-state index is 4.51. The molecule has 0 radical (unpaired) electrons. The summed E-state index contributed by atoms with van der Waals surface area (Å²) in [6, 6.07) is 16.5. The Balaban J connectivity index is 1.62. The van der Waals surface area contributed by atoms with E-state index >= 15 is 0 Å². The second-order valence-corrected chi connectivity index (χ2v) is 5.35. The number of aromatic nitrogens is 2. The Morgan fingerprint density at radius 3 is 2.71 bits per heavy atom. The van der Waals surface area contributed by atoms with Crippen molar-refractivity contribution in [1.29, 1.82) is 0 Å². The molecule has 0 aliphatic heterocycles. The largest absolute Gasteiger partial charge is 0.302 e. The Morgan fingerprint density at radius 2 is 1.86 bits per heavy atom. The number of benzene rings is 1. The van der Waals surface area contributed by atoms with Gasteiger partial charge < -0.3 is 4.90 Å². The fourth-order valence-corrected chi connectivity index (χ4v) is 2.45. The number of para-hydroxylation sites is 1. The van der Waals surface area contributed by atoms with Gasteiger partial charge in [0.15, 0.2) is 0 Å². The standard InChI is InChI=1S/C18H19N3/c1-21(11-9-17-7-4-5-10-19-17)14-15-12-16-6-2-3-8-18(16)20-13-15/h2-8,10,12-13H,9,11,14H2,1H3. The molecule has 3 rings (SSSR count). The van der Waals surface area contributed by atoms with E-state index in [1.54, 1.807) is 0 Å². The van der Waals surface area contributed by atoms with E-state index in [2.05, 4.69) is 46.2 Å². The minimum Gasteiger partial charge on any atom is -0.302 e. The van der Waals surface area contributed by atoms with Crippen molar-refractivity contribution in [3.8, 4) is 0 Å². The fourth-order valence-electron chi connectivity index (χ4n) is 2.45. The van der Waals surface area contributed by atoms with Gasteiger partial charge >= 0.3 is 0 Å².